The van der Waals surface area contributed by atoms with Crippen molar-refractivity contribution in [3.8, 4) is 0 Å². The summed E-state index contributed by atoms with van der Waals surface area (Å²) in [4.78, 5) is 14.9. The van der Waals surface area contributed by atoms with E-state index < -0.39 is 11.5 Å². The molecular weight excluding hydrogens is 228 g/mol. The van der Waals surface area contributed by atoms with E-state index in [-0.39, 0.29) is 11.3 Å². The van der Waals surface area contributed by atoms with Crippen LogP contribution >= 0.6 is 0 Å². The predicted molar refractivity (Wildman–Crippen MR) is 69.0 cm³/mol. The molecule has 3 rings (SSSR count). The Morgan fingerprint density at radius 2 is 2.00 bits per heavy atom. The highest BCUT2D eigenvalue weighted by Crippen LogP contribution is 2.66. The van der Waals surface area contributed by atoms with Crippen LogP contribution in [0, 0.1) is 16.7 Å². The average Bonchev–Trinajstić information content (AvgIpc) is 2.73. The zero-order valence-electron chi connectivity index (χ0n) is 11.4. The molecule has 2 aliphatic carbocycles. The first-order chi connectivity index (χ1) is 8.50. The van der Waals surface area contributed by atoms with E-state index in [1.807, 2.05) is 4.90 Å². The summed E-state index contributed by atoms with van der Waals surface area (Å²) in [5.74, 6) is 0.723. The third-order valence-electron chi connectivity index (χ3n) is 5.92. The van der Waals surface area contributed by atoms with Gasteiger partial charge in [-0.25, -0.2) is 0 Å². The Hall–Kier alpha value is -0.610. The molecule has 2 N–H and O–H groups in total. The van der Waals surface area contributed by atoms with Gasteiger partial charge in [-0.15, -0.1) is 0 Å². The number of amides is 1. The van der Waals surface area contributed by atoms with E-state index >= 15 is 0 Å². The van der Waals surface area contributed by atoms with Crippen LogP contribution in [0.1, 0.15) is 33.1 Å². The number of nitrogens with one attached hydrogen (secondary N) is 1. The first-order valence-electron chi connectivity index (χ1n) is 7.18. The van der Waals surface area contributed by atoms with Gasteiger partial charge in [0.2, 0.25) is 5.91 Å². The number of piperazine rings is 1. The highest BCUT2D eigenvalue weighted by Gasteiger charge is 2.68. The zero-order valence-corrected chi connectivity index (χ0v) is 11.4. The Labute approximate surface area is 109 Å². The van der Waals surface area contributed by atoms with Crippen LogP contribution in [-0.4, -0.2) is 48.2 Å². The first kappa shape index (κ1) is 12.4. The fraction of sp³-hybridized carbons (Fsp3) is 0.929. The number of hydrogen-bond acceptors (Lipinski definition) is 3. The molecule has 4 nitrogen and oxygen atoms in total. The van der Waals surface area contributed by atoms with Gasteiger partial charge in [-0.1, -0.05) is 13.8 Å². The molecule has 0 unspecified atom stereocenters. The quantitative estimate of drug-likeness (QED) is 0.719. The summed E-state index contributed by atoms with van der Waals surface area (Å²) in [6.07, 6.45) is 2.34. The van der Waals surface area contributed by atoms with Crippen molar-refractivity contribution in [2.75, 3.05) is 26.2 Å². The Balaban J connectivity index is 1.91. The van der Waals surface area contributed by atoms with Crippen LogP contribution in [0.2, 0.25) is 0 Å². The molecule has 0 aromatic heterocycles. The van der Waals surface area contributed by atoms with Gasteiger partial charge in [0, 0.05) is 26.2 Å². The topological polar surface area (TPSA) is 52.6 Å². The second-order valence-electron chi connectivity index (χ2n) is 6.72. The Morgan fingerprint density at radius 1 is 1.33 bits per heavy atom. The molecule has 1 saturated heterocycles. The third-order valence-corrected chi connectivity index (χ3v) is 5.92. The summed E-state index contributed by atoms with van der Waals surface area (Å²) < 4.78 is 0. The van der Waals surface area contributed by atoms with E-state index in [1.165, 1.54) is 0 Å². The third kappa shape index (κ3) is 1.36. The maximum Gasteiger partial charge on any atom is 0.232 e. The van der Waals surface area contributed by atoms with Crippen LogP contribution in [0.3, 0.4) is 0 Å². The highest BCUT2D eigenvalue weighted by molar-refractivity contribution is 5.85. The predicted octanol–water partition coefficient (Wildman–Crippen LogP) is 0.605. The lowest BCUT2D eigenvalue weighted by molar-refractivity contribution is -0.155. The summed E-state index contributed by atoms with van der Waals surface area (Å²) in [6, 6.07) is 0. The minimum Gasteiger partial charge on any atom is -0.392 e. The molecule has 3 aliphatic rings. The summed E-state index contributed by atoms with van der Waals surface area (Å²) in [6.45, 7) is 7.69. The van der Waals surface area contributed by atoms with Gasteiger partial charge >= 0.3 is 0 Å². The smallest absolute Gasteiger partial charge is 0.232 e. The van der Waals surface area contributed by atoms with E-state index in [2.05, 4.69) is 19.2 Å². The monoisotopic (exact) mass is 252 g/mol. The van der Waals surface area contributed by atoms with Gasteiger partial charge in [-0.3, -0.25) is 4.79 Å². The Kier molecular flexibility index (Phi) is 2.72. The number of rotatable bonds is 1. The van der Waals surface area contributed by atoms with Crippen molar-refractivity contribution in [3.63, 3.8) is 0 Å². The van der Waals surface area contributed by atoms with Crippen LogP contribution in [0.15, 0.2) is 0 Å². The fourth-order valence-electron chi connectivity index (χ4n) is 4.60. The molecule has 0 aromatic rings. The van der Waals surface area contributed by atoms with Gasteiger partial charge < -0.3 is 15.3 Å². The summed E-state index contributed by atoms with van der Waals surface area (Å²) >= 11 is 0. The molecule has 2 bridgehead atoms. The lowest BCUT2D eigenvalue weighted by atomic mass is 9.67. The van der Waals surface area contributed by atoms with E-state index in [4.69, 9.17) is 0 Å². The average molecular weight is 252 g/mol. The van der Waals surface area contributed by atoms with Crippen LogP contribution in [0.5, 0.6) is 0 Å². The number of carbonyl (C=O) groups excluding carboxylic acids is 1. The molecule has 102 valence electrons. The van der Waals surface area contributed by atoms with Gasteiger partial charge in [0.05, 0.1) is 11.5 Å². The number of carbonyl (C=O) groups is 1. The van der Waals surface area contributed by atoms with Crippen molar-refractivity contribution in [2.24, 2.45) is 16.7 Å². The molecule has 1 aliphatic heterocycles. The summed E-state index contributed by atoms with van der Waals surface area (Å²) in [5.41, 5.74) is -0.552. The summed E-state index contributed by atoms with van der Waals surface area (Å²) in [7, 11) is 0. The van der Waals surface area contributed by atoms with Crippen molar-refractivity contribution >= 4 is 5.91 Å². The van der Waals surface area contributed by atoms with Crippen molar-refractivity contribution in [1.29, 1.82) is 0 Å². The molecular formula is C14H24N2O2. The van der Waals surface area contributed by atoms with Gasteiger partial charge in [0.1, 0.15) is 0 Å². The van der Waals surface area contributed by atoms with E-state index in [9.17, 15) is 9.90 Å². The van der Waals surface area contributed by atoms with Gasteiger partial charge in [-0.05, 0) is 30.6 Å². The van der Waals surface area contributed by atoms with E-state index in [0.29, 0.717) is 5.92 Å². The molecule has 0 aromatic carbocycles. The van der Waals surface area contributed by atoms with Crippen molar-refractivity contribution in [2.45, 2.75) is 39.2 Å². The number of aliphatic hydroxyl groups excluding tert-OH is 1. The molecule has 3 atom stereocenters. The van der Waals surface area contributed by atoms with Crippen LogP contribution in [-0.2, 0) is 4.79 Å². The van der Waals surface area contributed by atoms with Crippen molar-refractivity contribution in [1.82, 2.24) is 10.2 Å². The first-order valence-corrected chi connectivity index (χ1v) is 7.18. The van der Waals surface area contributed by atoms with E-state index in [0.717, 1.165) is 45.4 Å². The second kappa shape index (κ2) is 3.94. The minimum absolute atomic E-state index is 0.0472. The fourth-order valence-corrected chi connectivity index (χ4v) is 4.60. The van der Waals surface area contributed by atoms with Gasteiger partial charge in [0.25, 0.3) is 0 Å². The van der Waals surface area contributed by atoms with Crippen LogP contribution < -0.4 is 5.32 Å². The molecule has 18 heavy (non-hydrogen) atoms. The molecule has 1 amide bonds. The Bertz CT molecular complexity index is 363. The maximum absolute atomic E-state index is 12.9. The molecule has 1 heterocycles. The van der Waals surface area contributed by atoms with Gasteiger partial charge in [-0.2, -0.15) is 0 Å². The van der Waals surface area contributed by atoms with Crippen molar-refractivity contribution in [3.05, 3.63) is 0 Å². The van der Waals surface area contributed by atoms with Gasteiger partial charge in [0.15, 0.2) is 0 Å². The normalized spacial score (nSPS) is 42.3. The number of nitrogens with zero attached hydrogens (tertiary/aromatic N) is 1. The van der Waals surface area contributed by atoms with Crippen LogP contribution in [0.4, 0.5) is 0 Å². The highest BCUT2D eigenvalue weighted by atomic mass is 16.3. The number of aliphatic hydroxyl groups is 1. The standard InChI is InChI=1S/C14H24N2O2/c1-13(2)10-3-4-14(13,11(17)9-10)12(18)16-7-5-15-6-8-16/h10-11,15,17H,3-9H2,1-2H3/t10-,11+,14-/m1/s1. The zero-order chi connectivity index (χ0) is 13.0. The SMILES string of the molecule is CC1(C)[C@@H]2CC[C@]1(C(=O)N1CCNCC1)[C@@H](O)C2. The lowest BCUT2D eigenvalue weighted by Crippen LogP contribution is -2.57. The number of hydrogen-bond donors (Lipinski definition) is 2. The molecule has 0 spiro atoms. The van der Waals surface area contributed by atoms with E-state index in [1.54, 1.807) is 0 Å². The molecule has 4 heteroatoms. The van der Waals surface area contributed by atoms with Crippen molar-refractivity contribution < 1.29 is 9.90 Å². The van der Waals surface area contributed by atoms with Crippen LogP contribution in [0.25, 0.3) is 0 Å². The largest absolute Gasteiger partial charge is 0.392 e. The second-order valence-corrected chi connectivity index (χ2v) is 6.72. The molecule has 3 fully saturated rings. The Morgan fingerprint density at radius 3 is 2.50 bits per heavy atom. The molecule has 0 radical (unpaired) electrons. The number of fused-ring (bicyclic) bond motifs is 2. The summed E-state index contributed by atoms with van der Waals surface area (Å²) in [5, 5.41) is 13.7. The molecule has 2 saturated carbocycles. The lowest BCUT2D eigenvalue weighted by Gasteiger charge is -2.43. The maximum atomic E-state index is 12.9. The minimum atomic E-state index is -0.505.